The molecular weight excluding hydrogens is 425 g/mol. The molecule has 0 saturated heterocycles. The van der Waals surface area contributed by atoms with Gasteiger partial charge in [0.2, 0.25) is 5.71 Å². The van der Waals surface area contributed by atoms with Gasteiger partial charge in [-0.3, -0.25) is 0 Å². The third kappa shape index (κ3) is 3.63. The normalized spacial score (nSPS) is 12.8. The van der Waals surface area contributed by atoms with E-state index in [1.807, 2.05) is 50.2 Å². The number of fused-ring (bicyclic) bond motifs is 4. The van der Waals surface area contributed by atoms with Crippen molar-refractivity contribution < 1.29 is 17.6 Å². The first-order chi connectivity index (χ1) is 15.5. The quantitative estimate of drug-likeness (QED) is 0.281. The molecule has 0 N–H and O–H groups in total. The Morgan fingerprint density at radius 2 is 1.61 bits per heavy atom. The number of aryl methyl sites for hydroxylation is 2. The zero-order valence-corrected chi connectivity index (χ0v) is 18.8. The van der Waals surface area contributed by atoms with Gasteiger partial charge in [-0.25, -0.2) is 9.97 Å². The average molecular weight is 448 g/mol. The van der Waals surface area contributed by atoms with Crippen LogP contribution >= 0.6 is 0 Å². The number of hydrogen-bond donors (Lipinski definition) is 0. The van der Waals surface area contributed by atoms with Crippen LogP contribution in [0.15, 0.2) is 59.0 Å². The van der Waals surface area contributed by atoms with E-state index >= 15 is 0 Å². The molecule has 168 valence electrons. The predicted octanol–water partition coefficient (Wildman–Crippen LogP) is 7.94. The van der Waals surface area contributed by atoms with E-state index in [4.69, 9.17) is 9.40 Å². The Balaban J connectivity index is 1.66. The van der Waals surface area contributed by atoms with E-state index in [1.165, 1.54) is 13.8 Å². The summed E-state index contributed by atoms with van der Waals surface area (Å²) >= 11 is 0. The minimum Gasteiger partial charge on any atom is -0.437 e. The van der Waals surface area contributed by atoms with Crippen molar-refractivity contribution in [2.45, 2.75) is 40.3 Å². The van der Waals surface area contributed by atoms with Gasteiger partial charge in [0.25, 0.3) is 0 Å². The Bertz CT molecular complexity index is 1530. The largest absolute Gasteiger partial charge is 0.437 e. The minimum atomic E-state index is -4.29. The Morgan fingerprint density at radius 1 is 0.848 bits per heavy atom. The summed E-state index contributed by atoms with van der Waals surface area (Å²) < 4.78 is 46.6. The maximum absolute atomic E-state index is 13.5. The van der Waals surface area contributed by atoms with Crippen LogP contribution in [0.5, 0.6) is 0 Å². The third-order valence-electron chi connectivity index (χ3n) is 6.22. The summed E-state index contributed by atoms with van der Waals surface area (Å²) in [5, 5.41) is 2.64. The van der Waals surface area contributed by atoms with Gasteiger partial charge in [0.1, 0.15) is 5.58 Å². The average Bonchev–Trinajstić information content (AvgIpc) is 3.09. The predicted molar refractivity (Wildman–Crippen MR) is 125 cm³/mol. The second kappa shape index (κ2) is 7.30. The van der Waals surface area contributed by atoms with Crippen molar-refractivity contribution in [2.24, 2.45) is 5.41 Å². The lowest BCUT2D eigenvalue weighted by Gasteiger charge is -2.28. The standard InChI is InChI=1S/C27H23F3N2O/c1-15-12-20-19-9-8-16(2)31-25(19)33-24(20)21(13-15)23-11-10-18-17(6-5-7-22(18)32-23)14-26(3,4)27(28,29)30/h5-13H,14H2,1-4H3. The highest BCUT2D eigenvalue weighted by atomic mass is 19.4. The Morgan fingerprint density at radius 3 is 2.36 bits per heavy atom. The van der Waals surface area contributed by atoms with Crippen molar-refractivity contribution in [3.63, 3.8) is 0 Å². The highest BCUT2D eigenvalue weighted by Crippen LogP contribution is 2.41. The molecule has 3 heterocycles. The van der Waals surface area contributed by atoms with Gasteiger partial charge in [-0.1, -0.05) is 32.0 Å². The first-order valence-electron chi connectivity index (χ1n) is 10.8. The molecule has 0 aliphatic heterocycles. The molecule has 0 spiro atoms. The van der Waals surface area contributed by atoms with Gasteiger partial charge in [-0.05, 0) is 67.8 Å². The molecule has 0 atom stereocenters. The zero-order chi connectivity index (χ0) is 23.5. The van der Waals surface area contributed by atoms with Crippen LogP contribution in [-0.2, 0) is 6.42 Å². The first kappa shape index (κ1) is 21.4. The van der Waals surface area contributed by atoms with Crippen LogP contribution in [0.3, 0.4) is 0 Å². The summed E-state index contributed by atoms with van der Waals surface area (Å²) in [5.41, 5.74) is 4.21. The molecule has 0 bridgehead atoms. The Labute approximate surface area is 189 Å². The second-order valence-electron chi connectivity index (χ2n) is 9.34. The van der Waals surface area contributed by atoms with Gasteiger partial charge in [-0.15, -0.1) is 0 Å². The molecule has 0 fully saturated rings. The van der Waals surface area contributed by atoms with Crippen LogP contribution in [0.1, 0.15) is 30.7 Å². The van der Waals surface area contributed by atoms with Gasteiger partial charge in [0, 0.05) is 27.4 Å². The van der Waals surface area contributed by atoms with E-state index < -0.39 is 11.6 Å². The van der Waals surface area contributed by atoms with Gasteiger partial charge < -0.3 is 4.42 Å². The Kier molecular flexibility index (Phi) is 4.74. The molecule has 6 heteroatoms. The smallest absolute Gasteiger partial charge is 0.394 e. The number of pyridine rings is 2. The van der Waals surface area contributed by atoms with E-state index in [2.05, 4.69) is 11.1 Å². The number of nitrogens with zero attached hydrogens (tertiary/aromatic N) is 2. The molecule has 0 saturated carbocycles. The van der Waals surface area contributed by atoms with Crippen molar-refractivity contribution in [1.82, 2.24) is 9.97 Å². The highest BCUT2D eigenvalue weighted by Gasteiger charge is 2.47. The lowest BCUT2D eigenvalue weighted by atomic mass is 9.84. The zero-order valence-electron chi connectivity index (χ0n) is 18.8. The van der Waals surface area contributed by atoms with Crippen molar-refractivity contribution in [1.29, 1.82) is 0 Å². The van der Waals surface area contributed by atoms with Crippen molar-refractivity contribution in [3.05, 3.63) is 71.4 Å². The van der Waals surface area contributed by atoms with Crippen LogP contribution in [-0.4, -0.2) is 16.1 Å². The van der Waals surface area contributed by atoms with E-state index in [-0.39, 0.29) is 6.42 Å². The van der Waals surface area contributed by atoms with Crippen LogP contribution in [0.4, 0.5) is 13.2 Å². The maximum Gasteiger partial charge on any atom is 0.394 e. The molecule has 33 heavy (non-hydrogen) atoms. The molecule has 0 aliphatic carbocycles. The fourth-order valence-corrected chi connectivity index (χ4v) is 4.29. The molecule has 0 aliphatic rings. The minimum absolute atomic E-state index is 0.113. The van der Waals surface area contributed by atoms with E-state index in [9.17, 15) is 13.2 Å². The molecule has 0 radical (unpaired) electrons. The summed E-state index contributed by atoms with van der Waals surface area (Å²) in [5.74, 6) is 0. The highest BCUT2D eigenvalue weighted by molar-refractivity contribution is 6.09. The number of benzene rings is 2. The lowest BCUT2D eigenvalue weighted by Crippen LogP contribution is -2.34. The number of halogens is 3. The maximum atomic E-state index is 13.5. The fourth-order valence-electron chi connectivity index (χ4n) is 4.29. The van der Waals surface area contributed by atoms with Gasteiger partial charge in [0.15, 0.2) is 0 Å². The summed E-state index contributed by atoms with van der Waals surface area (Å²) in [7, 11) is 0. The first-order valence-corrected chi connectivity index (χ1v) is 10.8. The summed E-state index contributed by atoms with van der Waals surface area (Å²) in [6.45, 7) is 6.39. The third-order valence-corrected chi connectivity index (χ3v) is 6.22. The monoisotopic (exact) mass is 448 g/mol. The van der Waals surface area contributed by atoms with E-state index in [1.54, 1.807) is 12.1 Å². The molecule has 2 aromatic carbocycles. The fraction of sp³-hybridized carbons (Fsp3) is 0.259. The summed E-state index contributed by atoms with van der Waals surface area (Å²) in [6, 6.07) is 17.1. The molecule has 5 aromatic rings. The molecule has 3 aromatic heterocycles. The van der Waals surface area contributed by atoms with E-state index in [0.717, 1.165) is 33.0 Å². The number of rotatable bonds is 3. The second-order valence-corrected chi connectivity index (χ2v) is 9.34. The SMILES string of the molecule is Cc1cc(-c2ccc3c(CC(C)(C)C(F)(F)F)cccc3n2)c2oc3nc(C)ccc3c2c1. The molecule has 0 amide bonds. The topological polar surface area (TPSA) is 38.9 Å². The number of furan rings is 1. The number of aromatic nitrogens is 2. The van der Waals surface area contributed by atoms with Crippen LogP contribution in [0, 0.1) is 19.3 Å². The van der Waals surface area contributed by atoms with Gasteiger partial charge in [0.05, 0.1) is 16.6 Å². The molecule has 5 rings (SSSR count). The summed E-state index contributed by atoms with van der Waals surface area (Å²) in [6.07, 6.45) is -4.40. The Hall–Kier alpha value is -3.41. The lowest BCUT2D eigenvalue weighted by molar-refractivity contribution is -0.210. The van der Waals surface area contributed by atoms with Crippen molar-refractivity contribution in [2.75, 3.05) is 0 Å². The van der Waals surface area contributed by atoms with E-state index in [0.29, 0.717) is 28.1 Å². The summed E-state index contributed by atoms with van der Waals surface area (Å²) in [4.78, 5) is 9.33. The van der Waals surface area contributed by atoms with Crippen LogP contribution in [0.2, 0.25) is 0 Å². The van der Waals surface area contributed by atoms with Crippen LogP contribution < -0.4 is 0 Å². The van der Waals surface area contributed by atoms with Crippen molar-refractivity contribution >= 4 is 33.0 Å². The van der Waals surface area contributed by atoms with Gasteiger partial charge in [-0.2, -0.15) is 13.2 Å². The van der Waals surface area contributed by atoms with Crippen molar-refractivity contribution in [3.8, 4) is 11.3 Å². The molecule has 0 unspecified atom stereocenters. The van der Waals surface area contributed by atoms with Crippen LogP contribution in [0.25, 0.3) is 44.2 Å². The molecule has 3 nitrogen and oxygen atoms in total. The number of hydrogen-bond acceptors (Lipinski definition) is 3. The molecular formula is C27H23F3N2O. The number of alkyl halides is 3. The van der Waals surface area contributed by atoms with Gasteiger partial charge >= 0.3 is 6.18 Å².